The number of rotatable bonds is 12. The smallest absolute Gasteiger partial charge is 0.0633 e. The third kappa shape index (κ3) is 7.05. The monoisotopic (exact) mass is 383 g/mol. The van der Waals surface area contributed by atoms with Crippen LogP contribution in [0.5, 0.6) is 0 Å². The van der Waals surface area contributed by atoms with Crippen LogP contribution in [0, 0.1) is 6.92 Å². The Bertz CT molecular complexity index is 675. The van der Waals surface area contributed by atoms with Gasteiger partial charge in [0.05, 0.1) is 18.8 Å². The number of nitrogens with two attached hydrogens (primary N) is 1. The maximum atomic E-state index is 9.52. The number of unbranched alkanes of at least 4 members (excludes halogenated alkanes) is 1. The van der Waals surface area contributed by atoms with E-state index in [4.69, 9.17) is 5.73 Å². The Balaban J connectivity index is 1.87. The molecule has 3 nitrogen and oxygen atoms in total. The van der Waals surface area contributed by atoms with Crippen molar-refractivity contribution >= 4 is 0 Å². The Morgan fingerprint density at radius 2 is 1.36 bits per heavy atom. The van der Waals surface area contributed by atoms with Gasteiger partial charge in [-0.1, -0.05) is 67.4 Å². The van der Waals surface area contributed by atoms with Crippen molar-refractivity contribution in [1.29, 1.82) is 0 Å². The molecule has 2 aromatic rings. The molecule has 154 valence electrons. The van der Waals surface area contributed by atoms with Crippen molar-refractivity contribution in [1.82, 2.24) is 0 Å². The van der Waals surface area contributed by atoms with Crippen LogP contribution in [-0.2, 0) is 12.8 Å². The van der Waals surface area contributed by atoms with Crippen LogP contribution in [0.25, 0.3) is 0 Å². The first-order valence-corrected chi connectivity index (χ1v) is 10.6. The van der Waals surface area contributed by atoms with Gasteiger partial charge in [0.15, 0.2) is 0 Å². The summed E-state index contributed by atoms with van der Waals surface area (Å²) >= 11 is 0. The van der Waals surface area contributed by atoms with Gasteiger partial charge in [0.2, 0.25) is 0 Å². The molecule has 0 fully saturated rings. The zero-order valence-electron chi connectivity index (χ0n) is 17.5. The van der Waals surface area contributed by atoms with Crippen molar-refractivity contribution in [3.05, 3.63) is 70.8 Å². The summed E-state index contributed by atoms with van der Waals surface area (Å²) in [5.41, 5.74) is 10.6. The van der Waals surface area contributed by atoms with E-state index in [9.17, 15) is 10.2 Å². The summed E-state index contributed by atoms with van der Waals surface area (Å²) in [5.74, 6) is 0.268. The Labute approximate surface area is 170 Å². The van der Waals surface area contributed by atoms with Gasteiger partial charge in [-0.2, -0.15) is 0 Å². The number of aliphatic hydroxyl groups excluding tert-OH is 2. The molecule has 0 aliphatic heterocycles. The van der Waals surface area contributed by atoms with E-state index in [1.165, 1.54) is 35.1 Å². The van der Waals surface area contributed by atoms with Gasteiger partial charge in [-0.15, -0.1) is 0 Å². The van der Waals surface area contributed by atoms with Crippen LogP contribution in [0.15, 0.2) is 48.5 Å². The van der Waals surface area contributed by atoms with Crippen molar-refractivity contribution in [2.75, 3.05) is 13.2 Å². The zero-order chi connectivity index (χ0) is 20.4. The van der Waals surface area contributed by atoms with Crippen molar-refractivity contribution in [3.63, 3.8) is 0 Å². The first kappa shape index (κ1) is 22.6. The average molecular weight is 384 g/mol. The summed E-state index contributed by atoms with van der Waals surface area (Å²) in [7, 11) is 0. The summed E-state index contributed by atoms with van der Waals surface area (Å²) in [6, 6.07) is 17.7. The highest BCUT2D eigenvalue weighted by molar-refractivity contribution is 5.26. The number of hydrogen-bond acceptors (Lipinski definition) is 3. The molecule has 0 saturated heterocycles. The molecule has 0 radical (unpaired) electrons. The molecule has 2 rings (SSSR count). The van der Waals surface area contributed by atoms with E-state index in [1.807, 2.05) is 0 Å². The summed E-state index contributed by atoms with van der Waals surface area (Å²) in [6.07, 6.45) is 7.28. The molecule has 0 aliphatic carbocycles. The SMILES string of the molecule is CCCC(CC(N)(CO)CO)c1ccc(CCCCc2ccc(C)cc2)cc1. The zero-order valence-corrected chi connectivity index (χ0v) is 17.5. The minimum Gasteiger partial charge on any atom is -0.394 e. The van der Waals surface area contributed by atoms with Crippen LogP contribution in [0.3, 0.4) is 0 Å². The quantitative estimate of drug-likeness (QED) is 0.472. The second-order valence-corrected chi connectivity index (χ2v) is 8.30. The Morgan fingerprint density at radius 3 is 1.82 bits per heavy atom. The molecule has 4 N–H and O–H groups in total. The maximum absolute atomic E-state index is 9.52. The lowest BCUT2D eigenvalue weighted by Crippen LogP contribution is -2.48. The molecule has 0 aromatic heterocycles. The molecular formula is C25H37NO2. The fraction of sp³-hybridized carbons (Fsp3) is 0.520. The summed E-state index contributed by atoms with van der Waals surface area (Å²) < 4.78 is 0. The van der Waals surface area contributed by atoms with E-state index in [0.717, 1.165) is 25.7 Å². The second-order valence-electron chi connectivity index (χ2n) is 8.30. The predicted octanol–water partition coefficient (Wildman–Crippen LogP) is 4.52. The van der Waals surface area contributed by atoms with Gasteiger partial charge in [-0.05, 0) is 68.1 Å². The van der Waals surface area contributed by atoms with Gasteiger partial charge in [0, 0.05) is 0 Å². The fourth-order valence-corrected chi connectivity index (χ4v) is 3.77. The van der Waals surface area contributed by atoms with Crippen LogP contribution >= 0.6 is 0 Å². The third-order valence-corrected chi connectivity index (χ3v) is 5.67. The molecule has 0 aliphatic rings. The lowest BCUT2D eigenvalue weighted by Gasteiger charge is -2.30. The van der Waals surface area contributed by atoms with E-state index >= 15 is 0 Å². The Kier molecular flexibility index (Phi) is 9.17. The number of benzene rings is 2. The van der Waals surface area contributed by atoms with Gasteiger partial charge < -0.3 is 15.9 Å². The standard InChI is InChI=1S/C25H37NO2/c1-3-6-24(17-25(26,18-27)19-28)23-15-13-22(14-16-23)8-5-4-7-21-11-9-20(2)10-12-21/h9-16,24,27-28H,3-8,17-19,26H2,1-2H3. The third-order valence-electron chi connectivity index (χ3n) is 5.67. The average Bonchev–Trinajstić information content (AvgIpc) is 2.72. The van der Waals surface area contributed by atoms with Crippen molar-refractivity contribution in [2.24, 2.45) is 5.73 Å². The number of aryl methyl sites for hydroxylation is 3. The minimum absolute atomic E-state index is 0.192. The van der Waals surface area contributed by atoms with Crippen molar-refractivity contribution < 1.29 is 10.2 Å². The van der Waals surface area contributed by atoms with Crippen LogP contribution < -0.4 is 5.73 Å². The van der Waals surface area contributed by atoms with Gasteiger partial charge in [-0.3, -0.25) is 0 Å². The van der Waals surface area contributed by atoms with E-state index < -0.39 is 5.54 Å². The van der Waals surface area contributed by atoms with Crippen LogP contribution in [0.1, 0.15) is 67.2 Å². The molecule has 28 heavy (non-hydrogen) atoms. The molecule has 1 atom stereocenters. The van der Waals surface area contributed by atoms with Crippen LogP contribution in [0.4, 0.5) is 0 Å². The lowest BCUT2D eigenvalue weighted by atomic mass is 9.82. The molecular weight excluding hydrogens is 346 g/mol. The molecule has 0 bridgehead atoms. The highest BCUT2D eigenvalue weighted by Gasteiger charge is 2.28. The molecule has 0 heterocycles. The molecule has 0 saturated carbocycles. The highest BCUT2D eigenvalue weighted by atomic mass is 16.3. The van der Waals surface area contributed by atoms with E-state index in [2.05, 4.69) is 62.4 Å². The molecule has 0 spiro atoms. The van der Waals surface area contributed by atoms with Crippen molar-refractivity contribution in [2.45, 2.75) is 70.3 Å². The Hall–Kier alpha value is -1.68. The summed E-state index contributed by atoms with van der Waals surface area (Å²) in [6.45, 7) is 3.90. The van der Waals surface area contributed by atoms with E-state index in [0.29, 0.717) is 6.42 Å². The number of aliphatic hydroxyl groups is 2. The topological polar surface area (TPSA) is 66.5 Å². The summed E-state index contributed by atoms with van der Waals surface area (Å²) in [4.78, 5) is 0. The van der Waals surface area contributed by atoms with E-state index in [-0.39, 0.29) is 19.1 Å². The van der Waals surface area contributed by atoms with Crippen molar-refractivity contribution in [3.8, 4) is 0 Å². The maximum Gasteiger partial charge on any atom is 0.0633 e. The minimum atomic E-state index is -0.908. The number of hydrogen-bond donors (Lipinski definition) is 3. The fourth-order valence-electron chi connectivity index (χ4n) is 3.77. The molecule has 0 amide bonds. The molecule has 2 aromatic carbocycles. The Morgan fingerprint density at radius 1 is 0.857 bits per heavy atom. The first-order chi connectivity index (χ1) is 13.5. The summed E-state index contributed by atoms with van der Waals surface area (Å²) in [5, 5.41) is 19.0. The van der Waals surface area contributed by atoms with Gasteiger partial charge in [0.1, 0.15) is 0 Å². The molecule has 1 unspecified atom stereocenters. The molecule has 3 heteroatoms. The van der Waals surface area contributed by atoms with Gasteiger partial charge in [-0.25, -0.2) is 0 Å². The normalized spacial score (nSPS) is 12.9. The highest BCUT2D eigenvalue weighted by Crippen LogP contribution is 2.29. The second kappa shape index (κ2) is 11.4. The first-order valence-electron chi connectivity index (χ1n) is 10.6. The van der Waals surface area contributed by atoms with Crippen LogP contribution in [0.2, 0.25) is 0 Å². The van der Waals surface area contributed by atoms with Gasteiger partial charge in [0.25, 0.3) is 0 Å². The van der Waals surface area contributed by atoms with Gasteiger partial charge >= 0.3 is 0 Å². The largest absolute Gasteiger partial charge is 0.394 e. The van der Waals surface area contributed by atoms with E-state index in [1.54, 1.807) is 0 Å². The van der Waals surface area contributed by atoms with Crippen LogP contribution in [-0.4, -0.2) is 29.0 Å². The lowest BCUT2D eigenvalue weighted by molar-refractivity contribution is 0.107. The predicted molar refractivity (Wildman–Crippen MR) is 118 cm³/mol.